The molecule has 0 aliphatic heterocycles. The summed E-state index contributed by atoms with van der Waals surface area (Å²) in [5.74, 6) is 0.387. The third-order valence-electron chi connectivity index (χ3n) is 2.67. The number of carbonyl (C=O) groups excluding carboxylic acids is 1. The van der Waals surface area contributed by atoms with Crippen molar-refractivity contribution >= 4 is 29.3 Å². The van der Waals surface area contributed by atoms with Crippen molar-refractivity contribution < 1.29 is 9.18 Å². The van der Waals surface area contributed by atoms with Crippen molar-refractivity contribution in [1.82, 2.24) is 5.32 Å². The molecule has 1 rings (SSSR count). The minimum absolute atomic E-state index is 0.0154. The minimum atomic E-state index is -0.320. The van der Waals surface area contributed by atoms with Crippen LogP contribution >= 0.6 is 23.4 Å². The highest BCUT2D eigenvalue weighted by molar-refractivity contribution is 7.99. The van der Waals surface area contributed by atoms with Gasteiger partial charge in [0.25, 0.3) is 0 Å². The Morgan fingerprint density at radius 3 is 2.89 bits per heavy atom. The van der Waals surface area contributed by atoms with Gasteiger partial charge in [-0.15, -0.1) is 11.8 Å². The van der Waals surface area contributed by atoms with E-state index in [1.165, 1.54) is 17.8 Å². The van der Waals surface area contributed by atoms with Crippen molar-refractivity contribution in [2.75, 3.05) is 5.75 Å². The molecule has 0 fully saturated rings. The molecule has 106 valence electrons. The summed E-state index contributed by atoms with van der Waals surface area (Å²) in [5.41, 5.74) is 0.462. The third kappa shape index (κ3) is 5.83. The molecule has 0 bridgehead atoms. The lowest BCUT2D eigenvalue weighted by atomic mass is 10.2. The van der Waals surface area contributed by atoms with Crippen molar-refractivity contribution in [3.8, 4) is 0 Å². The predicted molar refractivity (Wildman–Crippen MR) is 80.1 cm³/mol. The van der Waals surface area contributed by atoms with Gasteiger partial charge in [0.05, 0.1) is 5.75 Å². The van der Waals surface area contributed by atoms with Gasteiger partial charge >= 0.3 is 0 Å². The van der Waals surface area contributed by atoms with Crippen molar-refractivity contribution in [3.63, 3.8) is 0 Å². The lowest BCUT2D eigenvalue weighted by Gasteiger charge is -2.12. The van der Waals surface area contributed by atoms with Gasteiger partial charge in [0.1, 0.15) is 5.82 Å². The van der Waals surface area contributed by atoms with Crippen molar-refractivity contribution in [2.45, 2.75) is 38.5 Å². The molecule has 0 radical (unpaired) electrons. The molecule has 1 aromatic rings. The zero-order chi connectivity index (χ0) is 14.3. The first-order chi connectivity index (χ1) is 9.04. The summed E-state index contributed by atoms with van der Waals surface area (Å²) >= 11 is 7.28. The topological polar surface area (TPSA) is 29.1 Å². The molecule has 0 heterocycles. The average molecular weight is 304 g/mol. The lowest BCUT2D eigenvalue weighted by Crippen LogP contribution is -2.33. The third-order valence-corrected chi connectivity index (χ3v) is 3.98. The minimum Gasteiger partial charge on any atom is -0.353 e. The number of benzene rings is 1. The van der Waals surface area contributed by atoms with Crippen molar-refractivity contribution in [3.05, 3.63) is 34.6 Å². The molecule has 0 aliphatic rings. The molecule has 1 N–H and O–H groups in total. The second-order valence-electron chi connectivity index (χ2n) is 4.45. The summed E-state index contributed by atoms with van der Waals surface area (Å²) in [6, 6.07) is 4.80. The second-order valence-corrected chi connectivity index (χ2v) is 5.84. The normalized spacial score (nSPS) is 12.2. The van der Waals surface area contributed by atoms with Crippen LogP contribution in [-0.2, 0) is 10.5 Å². The molecule has 5 heteroatoms. The van der Waals surface area contributed by atoms with Crippen molar-refractivity contribution in [2.24, 2.45) is 0 Å². The van der Waals surface area contributed by atoms with E-state index in [4.69, 9.17) is 11.6 Å². The van der Waals surface area contributed by atoms with Crippen LogP contribution in [0.3, 0.4) is 0 Å². The number of thioether (sulfide) groups is 1. The van der Waals surface area contributed by atoms with Gasteiger partial charge in [-0.3, -0.25) is 4.79 Å². The molecule has 1 amide bonds. The van der Waals surface area contributed by atoms with Gasteiger partial charge in [0.2, 0.25) is 5.91 Å². The van der Waals surface area contributed by atoms with E-state index in [0.29, 0.717) is 22.1 Å². The van der Waals surface area contributed by atoms with Gasteiger partial charge in [-0.2, -0.15) is 0 Å². The maximum Gasteiger partial charge on any atom is 0.230 e. The summed E-state index contributed by atoms with van der Waals surface area (Å²) in [7, 11) is 0. The Morgan fingerprint density at radius 1 is 1.53 bits per heavy atom. The molecule has 1 atom stereocenters. The maximum absolute atomic E-state index is 13.5. The van der Waals surface area contributed by atoms with Crippen LogP contribution in [0.2, 0.25) is 5.02 Å². The van der Waals surface area contributed by atoms with E-state index in [1.807, 2.05) is 6.92 Å². The number of hydrogen-bond acceptors (Lipinski definition) is 2. The fraction of sp³-hybridized carbons (Fsp3) is 0.500. The van der Waals surface area contributed by atoms with E-state index in [-0.39, 0.29) is 17.8 Å². The first kappa shape index (κ1) is 16.3. The Balaban J connectivity index is 2.36. The van der Waals surface area contributed by atoms with Gasteiger partial charge in [-0.05, 0) is 25.5 Å². The Morgan fingerprint density at radius 2 is 2.26 bits per heavy atom. The van der Waals surface area contributed by atoms with Gasteiger partial charge < -0.3 is 5.32 Å². The molecule has 0 aromatic heterocycles. The highest BCUT2D eigenvalue weighted by Gasteiger charge is 2.10. The Bertz CT molecular complexity index is 408. The molecule has 0 saturated heterocycles. The lowest BCUT2D eigenvalue weighted by molar-refractivity contribution is -0.119. The number of rotatable bonds is 7. The SMILES string of the molecule is CCC[C@H](C)NC(=O)CSCc1c(F)cccc1Cl. The molecule has 19 heavy (non-hydrogen) atoms. The molecule has 0 unspecified atom stereocenters. The Labute approximate surface area is 123 Å². The van der Waals surface area contributed by atoms with Gasteiger partial charge in [-0.1, -0.05) is 31.0 Å². The van der Waals surface area contributed by atoms with Crippen LogP contribution in [0.25, 0.3) is 0 Å². The summed E-state index contributed by atoms with van der Waals surface area (Å²) in [6.07, 6.45) is 2.01. The maximum atomic E-state index is 13.5. The Hall–Kier alpha value is -0.740. The summed E-state index contributed by atoms with van der Waals surface area (Å²) < 4.78 is 13.5. The zero-order valence-corrected chi connectivity index (χ0v) is 12.8. The summed E-state index contributed by atoms with van der Waals surface area (Å²) in [6.45, 7) is 4.07. The molecular weight excluding hydrogens is 285 g/mol. The predicted octanol–water partition coefficient (Wildman–Crippen LogP) is 4.02. The standard InChI is InChI=1S/C14H19ClFNOS/c1-3-5-10(2)17-14(18)9-19-8-11-12(15)6-4-7-13(11)16/h4,6-7,10H,3,5,8-9H2,1-2H3,(H,17,18)/t10-/m0/s1. The first-order valence-corrected chi connectivity index (χ1v) is 7.87. The van der Waals surface area contributed by atoms with Gasteiger partial charge in [0.15, 0.2) is 0 Å². The highest BCUT2D eigenvalue weighted by atomic mass is 35.5. The number of halogens is 2. The van der Waals surface area contributed by atoms with E-state index in [2.05, 4.69) is 12.2 Å². The monoisotopic (exact) mass is 303 g/mol. The fourth-order valence-electron chi connectivity index (χ4n) is 1.74. The van der Waals surface area contributed by atoms with Gasteiger partial charge in [-0.25, -0.2) is 4.39 Å². The van der Waals surface area contributed by atoms with Crippen LogP contribution in [0.1, 0.15) is 32.3 Å². The van der Waals surface area contributed by atoms with Crippen molar-refractivity contribution in [1.29, 1.82) is 0 Å². The van der Waals surface area contributed by atoms with E-state index in [9.17, 15) is 9.18 Å². The smallest absolute Gasteiger partial charge is 0.230 e. The van der Waals surface area contributed by atoms with E-state index >= 15 is 0 Å². The quantitative estimate of drug-likeness (QED) is 0.824. The van der Waals surface area contributed by atoms with Crippen LogP contribution < -0.4 is 5.32 Å². The summed E-state index contributed by atoms with van der Waals surface area (Å²) in [5, 5.41) is 3.32. The number of amides is 1. The van der Waals surface area contributed by atoms with Crippen LogP contribution in [0.15, 0.2) is 18.2 Å². The largest absolute Gasteiger partial charge is 0.353 e. The number of carbonyl (C=O) groups is 1. The molecule has 0 aliphatic carbocycles. The fourth-order valence-corrected chi connectivity index (χ4v) is 2.92. The van der Waals surface area contributed by atoms with Crippen LogP contribution in [0, 0.1) is 5.82 Å². The zero-order valence-electron chi connectivity index (χ0n) is 11.2. The molecule has 2 nitrogen and oxygen atoms in total. The molecular formula is C14H19ClFNOS. The average Bonchev–Trinajstić information content (AvgIpc) is 2.33. The van der Waals surface area contributed by atoms with Crippen LogP contribution in [-0.4, -0.2) is 17.7 Å². The highest BCUT2D eigenvalue weighted by Crippen LogP contribution is 2.23. The molecule has 0 saturated carbocycles. The first-order valence-electron chi connectivity index (χ1n) is 6.34. The van der Waals surface area contributed by atoms with E-state index in [0.717, 1.165) is 12.8 Å². The van der Waals surface area contributed by atoms with Gasteiger partial charge in [0, 0.05) is 22.4 Å². The molecule has 0 spiro atoms. The second kappa shape index (κ2) is 8.43. The summed E-state index contributed by atoms with van der Waals surface area (Å²) in [4.78, 5) is 11.6. The van der Waals surface area contributed by atoms with Crippen LogP contribution in [0.5, 0.6) is 0 Å². The Kier molecular flexibility index (Phi) is 7.24. The van der Waals surface area contributed by atoms with Crippen LogP contribution in [0.4, 0.5) is 4.39 Å². The van der Waals surface area contributed by atoms with E-state index < -0.39 is 0 Å². The molecule has 1 aromatic carbocycles. The number of hydrogen-bond donors (Lipinski definition) is 1. The van der Waals surface area contributed by atoms with E-state index in [1.54, 1.807) is 12.1 Å². The number of nitrogens with one attached hydrogen (secondary N) is 1.